The molecule has 138 valence electrons. The van der Waals surface area contributed by atoms with Gasteiger partial charge in [-0.15, -0.1) is 0 Å². The van der Waals surface area contributed by atoms with Gasteiger partial charge in [-0.3, -0.25) is 0 Å². The van der Waals surface area contributed by atoms with Crippen LogP contribution in [0.15, 0.2) is 52.3 Å². The molecule has 0 spiro atoms. The van der Waals surface area contributed by atoms with Crippen LogP contribution in [0.5, 0.6) is 17.5 Å². The molecule has 2 rings (SSSR count). The molecule has 0 amide bonds. The molecule has 1 aromatic heterocycles. The molecule has 27 heavy (non-hydrogen) atoms. The van der Waals surface area contributed by atoms with E-state index in [1.54, 1.807) is 19.1 Å². The minimum absolute atomic E-state index is 0.208. The second-order valence-corrected chi connectivity index (χ2v) is 4.79. The van der Waals surface area contributed by atoms with Gasteiger partial charge in [-0.05, 0) is 42.3 Å². The first kappa shape index (κ1) is 19.3. The number of halogens is 1. The second-order valence-electron chi connectivity index (χ2n) is 4.79. The molecule has 1 aromatic carbocycles. The van der Waals surface area contributed by atoms with Crippen molar-refractivity contribution in [3.05, 3.63) is 58.5 Å². The lowest BCUT2D eigenvalue weighted by molar-refractivity contribution is 0.147. The molecular formula is C16H13FN6O4. The van der Waals surface area contributed by atoms with Crippen molar-refractivity contribution in [3.8, 4) is 17.5 Å². The van der Waals surface area contributed by atoms with Crippen molar-refractivity contribution in [2.75, 3.05) is 7.11 Å². The van der Waals surface area contributed by atoms with Crippen LogP contribution in [0.25, 0.3) is 10.4 Å². The monoisotopic (exact) mass is 372 g/mol. The van der Waals surface area contributed by atoms with Gasteiger partial charge in [-0.25, -0.2) is 19.2 Å². The number of aliphatic imine (C=N–C) groups is 1. The number of nitrogens with zero attached hydrogens (tertiary/aromatic N) is 6. The summed E-state index contributed by atoms with van der Waals surface area (Å²) in [5.41, 5.74) is 8.67. The number of aromatic nitrogens is 2. The summed E-state index contributed by atoms with van der Waals surface area (Å²) in [4.78, 5) is 25.3. The zero-order valence-electron chi connectivity index (χ0n) is 14.2. The Balaban J connectivity index is 2.06. The topological polar surface area (TPSA) is 132 Å². The molecule has 2 aromatic rings. The number of hydrogen-bond donors (Lipinski definition) is 0. The first-order valence-corrected chi connectivity index (χ1v) is 7.33. The number of hydrogen-bond acceptors (Lipinski definition) is 8. The fourth-order valence-corrected chi connectivity index (χ4v) is 1.63. The predicted molar refractivity (Wildman–Crippen MR) is 92.7 cm³/mol. The van der Waals surface area contributed by atoms with Crippen molar-refractivity contribution in [3.63, 3.8) is 0 Å². The Kier molecular flexibility index (Phi) is 6.80. The van der Waals surface area contributed by atoms with Gasteiger partial charge < -0.3 is 14.2 Å². The van der Waals surface area contributed by atoms with Gasteiger partial charge in [0.05, 0.1) is 13.3 Å². The molecule has 0 atom stereocenters. The number of methoxy groups -OCH3 is 1. The highest BCUT2D eigenvalue weighted by molar-refractivity contribution is 5.79. The lowest BCUT2D eigenvalue weighted by atomic mass is 10.3. The van der Waals surface area contributed by atoms with Crippen LogP contribution in [0.4, 0.5) is 15.0 Å². The number of ether oxygens (including phenoxy) is 3. The van der Waals surface area contributed by atoms with Crippen LogP contribution in [0, 0.1) is 5.82 Å². The Morgan fingerprint density at radius 3 is 2.63 bits per heavy atom. The minimum atomic E-state index is -1.11. The standard InChI is InChI=1S/C16H13FN6O4/c1-10(8-21-23-18)7-19-14-13(17)9-20-15(22-14)27-16(24)26-12-5-3-11(25-2)4-6-12/h3-9H,1-2H3/b10-8-,19-7+. The summed E-state index contributed by atoms with van der Waals surface area (Å²) in [6, 6.07) is 5.74. The molecule has 0 bridgehead atoms. The number of allylic oxidation sites excluding steroid dienone is 1. The van der Waals surface area contributed by atoms with Crippen molar-refractivity contribution in [2.24, 2.45) is 10.1 Å². The van der Waals surface area contributed by atoms with Gasteiger partial charge in [0.1, 0.15) is 11.5 Å². The number of carbonyl (C=O) groups excluding carboxylic acids is 1. The van der Waals surface area contributed by atoms with Gasteiger partial charge in [0.2, 0.25) is 0 Å². The highest BCUT2D eigenvalue weighted by Gasteiger charge is 2.13. The molecule has 0 saturated heterocycles. The molecule has 1 heterocycles. The van der Waals surface area contributed by atoms with E-state index in [-0.39, 0.29) is 11.6 Å². The van der Waals surface area contributed by atoms with Crippen molar-refractivity contribution in [1.82, 2.24) is 9.97 Å². The van der Waals surface area contributed by atoms with E-state index in [2.05, 4.69) is 25.0 Å². The summed E-state index contributed by atoms with van der Waals surface area (Å²) in [7, 11) is 1.50. The van der Waals surface area contributed by atoms with Crippen LogP contribution >= 0.6 is 0 Å². The summed E-state index contributed by atoms with van der Waals surface area (Å²) in [5, 5.41) is 3.22. The zero-order chi connectivity index (χ0) is 19.6. The van der Waals surface area contributed by atoms with E-state index in [4.69, 9.17) is 19.7 Å². The third-order valence-corrected chi connectivity index (χ3v) is 2.84. The molecule has 0 fully saturated rings. The molecular weight excluding hydrogens is 359 g/mol. The van der Waals surface area contributed by atoms with Gasteiger partial charge in [0, 0.05) is 17.3 Å². The molecule has 0 N–H and O–H groups in total. The second kappa shape index (κ2) is 9.49. The first-order chi connectivity index (χ1) is 13.0. The fourth-order valence-electron chi connectivity index (χ4n) is 1.63. The van der Waals surface area contributed by atoms with Gasteiger partial charge in [0.15, 0.2) is 11.6 Å². The van der Waals surface area contributed by atoms with Crippen molar-refractivity contribution in [1.29, 1.82) is 0 Å². The number of carbonyl (C=O) groups is 1. The summed E-state index contributed by atoms with van der Waals surface area (Å²) >= 11 is 0. The van der Waals surface area contributed by atoms with Crippen LogP contribution in [0.2, 0.25) is 0 Å². The van der Waals surface area contributed by atoms with E-state index in [9.17, 15) is 9.18 Å². The van der Waals surface area contributed by atoms with Crippen LogP contribution in [-0.2, 0) is 0 Å². The maximum absolute atomic E-state index is 13.7. The predicted octanol–water partition coefficient (Wildman–Crippen LogP) is 4.12. The summed E-state index contributed by atoms with van der Waals surface area (Å²) < 4.78 is 28.4. The minimum Gasteiger partial charge on any atom is -0.497 e. The molecule has 0 radical (unpaired) electrons. The largest absolute Gasteiger partial charge is 0.521 e. The third-order valence-electron chi connectivity index (χ3n) is 2.84. The number of azide groups is 1. The van der Waals surface area contributed by atoms with E-state index in [1.807, 2.05) is 0 Å². The Bertz CT molecular complexity index is 923. The highest BCUT2D eigenvalue weighted by atomic mass is 19.1. The molecule has 0 aliphatic carbocycles. The molecule has 0 aliphatic rings. The molecule has 0 aliphatic heterocycles. The van der Waals surface area contributed by atoms with E-state index < -0.39 is 18.0 Å². The van der Waals surface area contributed by atoms with E-state index in [0.717, 1.165) is 6.20 Å². The number of rotatable bonds is 6. The van der Waals surface area contributed by atoms with Gasteiger partial charge in [0.25, 0.3) is 0 Å². The van der Waals surface area contributed by atoms with Crippen molar-refractivity contribution < 1.29 is 23.4 Å². The molecule has 10 nitrogen and oxygen atoms in total. The van der Waals surface area contributed by atoms with Crippen molar-refractivity contribution >= 4 is 18.2 Å². The maximum atomic E-state index is 13.7. The van der Waals surface area contributed by atoms with Gasteiger partial charge in [-0.2, -0.15) is 4.98 Å². The summed E-state index contributed by atoms with van der Waals surface area (Å²) in [6.07, 6.45) is 2.09. The van der Waals surface area contributed by atoms with Crippen LogP contribution in [0.3, 0.4) is 0 Å². The smallest absolute Gasteiger partial charge is 0.497 e. The van der Waals surface area contributed by atoms with E-state index >= 15 is 0 Å². The van der Waals surface area contributed by atoms with Crippen LogP contribution < -0.4 is 14.2 Å². The molecule has 0 saturated carbocycles. The fraction of sp³-hybridized carbons (Fsp3) is 0.125. The summed E-state index contributed by atoms with van der Waals surface area (Å²) in [6.45, 7) is 1.58. The summed E-state index contributed by atoms with van der Waals surface area (Å²) in [5.74, 6) is -0.408. The van der Waals surface area contributed by atoms with Gasteiger partial charge >= 0.3 is 12.2 Å². The average molecular weight is 372 g/mol. The Morgan fingerprint density at radius 2 is 1.96 bits per heavy atom. The third kappa shape index (κ3) is 6.11. The van der Waals surface area contributed by atoms with Crippen LogP contribution in [0.1, 0.15) is 6.92 Å². The normalized spacial score (nSPS) is 11.0. The lowest BCUT2D eigenvalue weighted by Gasteiger charge is -2.05. The SMILES string of the molecule is COc1ccc(OC(=O)Oc2ncc(F)c(/N=C/C(C)=C\N=[N+]=[N-])n2)cc1. The highest BCUT2D eigenvalue weighted by Crippen LogP contribution is 2.19. The molecule has 0 unspecified atom stereocenters. The van der Waals surface area contributed by atoms with Crippen molar-refractivity contribution in [2.45, 2.75) is 6.92 Å². The molecule has 11 heteroatoms. The zero-order valence-corrected chi connectivity index (χ0v) is 14.2. The first-order valence-electron chi connectivity index (χ1n) is 7.33. The Labute approximate surface area is 152 Å². The Morgan fingerprint density at radius 1 is 1.26 bits per heavy atom. The van der Waals surface area contributed by atoms with E-state index in [0.29, 0.717) is 11.3 Å². The Hall–Kier alpha value is -3.98. The quantitative estimate of drug-likeness (QED) is 0.187. The maximum Gasteiger partial charge on any atom is 0.521 e. The van der Waals surface area contributed by atoms with Gasteiger partial charge in [-0.1, -0.05) is 5.11 Å². The lowest BCUT2D eigenvalue weighted by Crippen LogP contribution is -2.15. The van der Waals surface area contributed by atoms with Crippen LogP contribution in [-0.4, -0.2) is 29.4 Å². The average Bonchev–Trinajstić information content (AvgIpc) is 2.67. The number of benzene rings is 1. The van der Waals surface area contributed by atoms with E-state index in [1.165, 1.54) is 31.7 Å².